The number of para-hydroxylation sites is 1. The molecule has 8 nitrogen and oxygen atoms in total. The zero-order valence-corrected chi connectivity index (χ0v) is 14.5. The predicted molar refractivity (Wildman–Crippen MR) is 88.7 cm³/mol. The van der Waals surface area contributed by atoms with Gasteiger partial charge in [-0.1, -0.05) is 12.1 Å². The first-order valence-corrected chi connectivity index (χ1v) is 9.46. The van der Waals surface area contributed by atoms with Crippen LogP contribution in [-0.2, 0) is 28.9 Å². The molecule has 2 rings (SSSR count). The van der Waals surface area contributed by atoms with Crippen LogP contribution in [-0.4, -0.2) is 51.5 Å². The van der Waals surface area contributed by atoms with E-state index in [1.807, 2.05) is 0 Å². The monoisotopic (exact) mass is 369 g/mol. The molecule has 0 aromatic heterocycles. The third kappa shape index (κ3) is 5.56. The van der Waals surface area contributed by atoms with Gasteiger partial charge < -0.3 is 14.8 Å². The van der Waals surface area contributed by atoms with Crippen LogP contribution in [0, 0.1) is 5.92 Å². The number of sulfone groups is 1. The standard InChI is InChI=1S/C16H19NO7S/c1-23-16(20)12-4-2-3-5-13(12)17-14(18)9-24-15(19)8-11-6-7-25(21,22)10-11/h2-5,11H,6-10H2,1H3,(H,17,18)/t11-/m1/s1. The van der Waals surface area contributed by atoms with Crippen molar-refractivity contribution in [3.63, 3.8) is 0 Å². The van der Waals surface area contributed by atoms with E-state index in [-0.39, 0.29) is 35.1 Å². The van der Waals surface area contributed by atoms with Gasteiger partial charge in [0.25, 0.3) is 5.91 Å². The van der Waals surface area contributed by atoms with Crippen molar-refractivity contribution in [3.8, 4) is 0 Å². The van der Waals surface area contributed by atoms with E-state index in [0.29, 0.717) is 6.42 Å². The summed E-state index contributed by atoms with van der Waals surface area (Å²) >= 11 is 0. The molecule has 0 spiro atoms. The Balaban J connectivity index is 1.83. The van der Waals surface area contributed by atoms with Crippen molar-refractivity contribution in [2.24, 2.45) is 5.92 Å². The van der Waals surface area contributed by atoms with Crippen LogP contribution < -0.4 is 5.32 Å². The van der Waals surface area contributed by atoms with Crippen LogP contribution in [0.4, 0.5) is 5.69 Å². The van der Waals surface area contributed by atoms with Crippen LogP contribution in [0.15, 0.2) is 24.3 Å². The van der Waals surface area contributed by atoms with Crippen LogP contribution in [0.3, 0.4) is 0 Å². The highest BCUT2D eigenvalue weighted by molar-refractivity contribution is 7.91. The number of amides is 1. The fraction of sp³-hybridized carbons (Fsp3) is 0.438. The second-order valence-corrected chi connectivity index (χ2v) is 7.95. The number of hydrogen-bond donors (Lipinski definition) is 1. The molecule has 1 fully saturated rings. The zero-order valence-electron chi connectivity index (χ0n) is 13.7. The van der Waals surface area contributed by atoms with Crippen molar-refractivity contribution in [2.75, 3.05) is 30.5 Å². The minimum absolute atomic E-state index is 0.0270. The van der Waals surface area contributed by atoms with Gasteiger partial charge in [0.15, 0.2) is 16.4 Å². The maximum atomic E-state index is 11.9. The summed E-state index contributed by atoms with van der Waals surface area (Å²) in [6, 6.07) is 6.27. The van der Waals surface area contributed by atoms with Crippen molar-refractivity contribution in [1.82, 2.24) is 0 Å². The number of nitrogens with one attached hydrogen (secondary N) is 1. The lowest BCUT2D eigenvalue weighted by Crippen LogP contribution is -2.23. The molecule has 0 unspecified atom stereocenters. The maximum Gasteiger partial charge on any atom is 0.339 e. The van der Waals surface area contributed by atoms with Gasteiger partial charge in [-0.2, -0.15) is 0 Å². The second-order valence-electron chi connectivity index (χ2n) is 5.72. The highest BCUT2D eigenvalue weighted by Crippen LogP contribution is 2.22. The first kappa shape index (κ1) is 18.9. The number of ether oxygens (including phenoxy) is 2. The summed E-state index contributed by atoms with van der Waals surface area (Å²) < 4.78 is 32.2. The van der Waals surface area contributed by atoms with E-state index in [9.17, 15) is 22.8 Å². The molecule has 9 heteroatoms. The molecule has 0 saturated carbocycles. The number of esters is 2. The third-order valence-electron chi connectivity index (χ3n) is 3.75. The first-order chi connectivity index (χ1) is 11.8. The molecule has 1 aromatic carbocycles. The van der Waals surface area contributed by atoms with E-state index in [1.54, 1.807) is 12.1 Å². The normalized spacial score (nSPS) is 18.4. The van der Waals surface area contributed by atoms with Crippen molar-refractivity contribution >= 4 is 33.4 Å². The fourth-order valence-corrected chi connectivity index (χ4v) is 4.40. The van der Waals surface area contributed by atoms with Gasteiger partial charge in [0.2, 0.25) is 0 Å². The van der Waals surface area contributed by atoms with E-state index in [4.69, 9.17) is 4.74 Å². The summed E-state index contributed by atoms with van der Waals surface area (Å²) in [6.45, 7) is -0.520. The minimum atomic E-state index is -3.06. The number of carbonyl (C=O) groups is 3. The highest BCUT2D eigenvalue weighted by Gasteiger charge is 2.30. The minimum Gasteiger partial charge on any atom is -0.465 e. The summed E-state index contributed by atoms with van der Waals surface area (Å²) in [4.78, 5) is 35.2. The fourth-order valence-electron chi connectivity index (χ4n) is 2.54. The van der Waals surface area contributed by atoms with E-state index in [0.717, 1.165) is 0 Å². The smallest absolute Gasteiger partial charge is 0.339 e. The molecule has 25 heavy (non-hydrogen) atoms. The van der Waals surface area contributed by atoms with Crippen LogP contribution in [0.1, 0.15) is 23.2 Å². The molecular weight excluding hydrogens is 350 g/mol. The highest BCUT2D eigenvalue weighted by atomic mass is 32.2. The van der Waals surface area contributed by atoms with Crippen molar-refractivity contribution in [3.05, 3.63) is 29.8 Å². The van der Waals surface area contributed by atoms with Crippen LogP contribution in [0.25, 0.3) is 0 Å². The van der Waals surface area contributed by atoms with Gasteiger partial charge in [0.05, 0.1) is 29.9 Å². The van der Waals surface area contributed by atoms with Crippen LogP contribution in [0.2, 0.25) is 0 Å². The van der Waals surface area contributed by atoms with E-state index in [2.05, 4.69) is 10.1 Å². The summed E-state index contributed by atoms with van der Waals surface area (Å²) in [5.41, 5.74) is 0.429. The molecule has 136 valence electrons. The van der Waals surface area contributed by atoms with Gasteiger partial charge in [0, 0.05) is 6.42 Å². The molecule has 1 aromatic rings. The van der Waals surface area contributed by atoms with E-state index < -0.39 is 34.3 Å². The Hall–Kier alpha value is -2.42. The predicted octanol–water partition coefficient (Wildman–Crippen LogP) is 0.780. The van der Waals surface area contributed by atoms with Crippen LogP contribution >= 0.6 is 0 Å². The molecule has 0 radical (unpaired) electrons. The quantitative estimate of drug-likeness (QED) is 0.737. The number of benzene rings is 1. The van der Waals surface area contributed by atoms with Gasteiger partial charge in [-0.05, 0) is 24.5 Å². The van der Waals surface area contributed by atoms with Gasteiger partial charge in [-0.3, -0.25) is 9.59 Å². The lowest BCUT2D eigenvalue weighted by atomic mass is 10.1. The van der Waals surface area contributed by atoms with Crippen molar-refractivity contribution < 1.29 is 32.3 Å². The van der Waals surface area contributed by atoms with Crippen LogP contribution in [0.5, 0.6) is 0 Å². The average Bonchev–Trinajstić information content (AvgIpc) is 2.91. The van der Waals surface area contributed by atoms with Gasteiger partial charge >= 0.3 is 11.9 Å². The summed E-state index contributed by atoms with van der Waals surface area (Å²) in [5.74, 6) is -2.05. The molecular formula is C16H19NO7S. The van der Waals surface area contributed by atoms with Gasteiger partial charge in [0.1, 0.15) is 0 Å². The molecule has 0 bridgehead atoms. The third-order valence-corrected chi connectivity index (χ3v) is 5.59. The summed E-state index contributed by atoms with van der Waals surface area (Å²) in [5, 5.41) is 2.47. The number of anilines is 1. The Morgan fingerprint density at radius 3 is 2.60 bits per heavy atom. The Morgan fingerprint density at radius 1 is 1.24 bits per heavy atom. The summed E-state index contributed by atoms with van der Waals surface area (Å²) in [7, 11) is -1.83. The van der Waals surface area contributed by atoms with Crippen molar-refractivity contribution in [1.29, 1.82) is 0 Å². The van der Waals surface area contributed by atoms with Gasteiger partial charge in [-0.25, -0.2) is 13.2 Å². The number of hydrogen-bond acceptors (Lipinski definition) is 7. The SMILES string of the molecule is COC(=O)c1ccccc1NC(=O)COC(=O)C[C@H]1CCS(=O)(=O)C1. The number of methoxy groups -OCH3 is 1. The molecule has 0 aliphatic carbocycles. The number of rotatable bonds is 6. The Labute approximate surface area is 145 Å². The lowest BCUT2D eigenvalue weighted by Gasteiger charge is -2.11. The second kappa shape index (κ2) is 8.11. The van der Waals surface area contributed by atoms with Gasteiger partial charge in [-0.15, -0.1) is 0 Å². The summed E-state index contributed by atoms with van der Waals surface area (Å²) in [6.07, 6.45) is 0.390. The lowest BCUT2D eigenvalue weighted by molar-refractivity contribution is -0.148. The number of carbonyl (C=O) groups excluding carboxylic acids is 3. The average molecular weight is 369 g/mol. The van der Waals surface area contributed by atoms with E-state index in [1.165, 1.54) is 19.2 Å². The molecule has 1 N–H and O–H groups in total. The Kier molecular flexibility index (Phi) is 6.13. The molecule has 1 heterocycles. The molecule has 1 aliphatic heterocycles. The Bertz CT molecular complexity index is 772. The largest absolute Gasteiger partial charge is 0.465 e. The van der Waals surface area contributed by atoms with Crippen molar-refractivity contribution in [2.45, 2.75) is 12.8 Å². The molecule has 1 aliphatic rings. The molecule has 1 atom stereocenters. The molecule has 1 saturated heterocycles. The zero-order chi connectivity index (χ0) is 18.4. The maximum absolute atomic E-state index is 11.9. The first-order valence-electron chi connectivity index (χ1n) is 7.64. The van der Waals surface area contributed by atoms with E-state index >= 15 is 0 Å². The Morgan fingerprint density at radius 2 is 1.96 bits per heavy atom. The topological polar surface area (TPSA) is 116 Å². The molecule has 1 amide bonds.